The van der Waals surface area contributed by atoms with Gasteiger partial charge in [0.2, 0.25) is 5.91 Å². The van der Waals surface area contributed by atoms with Gasteiger partial charge in [0, 0.05) is 25.2 Å². The van der Waals surface area contributed by atoms with Crippen molar-refractivity contribution in [1.82, 2.24) is 15.1 Å². The van der Waals surface area contributed by atoms with Crippen LogP contribution in [-0.4, -0.2) is 67.1 Å². The van der Waals surface area contributed by atoms with Crippen molar-refractivity contribution in [1.29, 1.82) is 0 Å². The van der Waals surface area contributed by atoms with Crippen LogP contribution in [0.15, 0.2) is 0 Å². The molecule has 18 heavy (non-hydrogen) atoms. The summed E-state index contributed by atoms with van der Waals surface area (Å²) in [6, 6.07) is 0.483. The zero-order valence-corrected chi connectivity index (χ0v) is 12.1. The number of hydrogen-bond acceptors (Lipinski definition) is 4. The van der Waals surface area contributed by atoms with E-state index in [1.54, 1.807) is 0 Å². The first-order valence-electron chi connectivity index (χ1n) is 6.88. The molecule has 2 atom stereocenters. The quantitative estimate of drug-likeness (QED) is 0.719. The Bertz CT molecular complexity index is 270. The fourth-order valence-corrected chi connectivity index (χ4v) is 2.55. The molecule has 1 rings (SSSR count). The average Bonchev–Trinajstić information content (AvgIpc) is 2.39. The van der Waals surface area contributed by atoms with E-state index in [-0.39, 0.29) is 18.0 Å². The minimum absolute atomic E-state index is 0.254. The molecule has 2 unspecified atom stereocenters. The van der Waals surface area contributed by atoms with Gasteiger partial charge in [-0.15, -0.1) is 0 Å². The topological polar surface area (TPSA) is 61.6 Å². The molecule has 0 bridgehead atoms. The van der Waals surface area contributed by atoms with Gasteiger partial charge < -0.3 is 16.0 Å². The predicted octanol–water partition coefficient (Wildman–Crippen LogP) is -0.136. The molecule has 1 amide bonds. The molecule has 5 heteroatoms. The lowest BCUT2D eigenvalue weighted by molar-refractivity contribution is -0.120. The van der Waals surface area contributed by atoms with Crippen molar-refractivity contribution in [3.63, 3.8) is 0 Å². The first kappa shape index (κ1) is 15.4. The predicted molar refractivity (Wildman–Crippen MR) is 74.4 cm³/mol. The molecule has 3 N–H and O–H groups in total. The minimum Gasteiger partial charge on any atom is -0.368 e. The Morgan fingerprint density at radius 2 is 2.11 bits per heavy atom. The molecule has 0 aromatic heterocycles. The van der Waals surface area contributed by atoms with Crippen molar-refractivity contribution >= 4 is 5.91 Å². The number of nitrogens with two attached hydrogens (primary N) is 1. The highest BCUT2D eigenvalue weighted by Gasteiger charge is 2.25. The maximum absolute atomic E-state index is 11.5. The van der Waals surface area contributed by atoms with Crippen LogP contribution in [0.3, 0.4) is 0 Å². The highest BCUT2D eigenvalue weighted by Crippen LogP contribution is 2.09. The average molecular weight is 256 g/mol. The summed E-state index contributed by atoms with van der Waals surface area (Å²) in [5, 5.41) is 3.25. The van der Waals surface area contributed by atoms with Crippen LogP contribution in [-0.2, 0) is 4.79 Å². The molecule has 1 fully saturated rings. The second-order valence-corrected chi connectivity index (χ2v) is 5.74. The maximum Gasteiger partial charge on any atom is 0.235 e. The van der Waals surface area contributed by atoms with Gasteiger partial charge in [-0.2, -0.15) is 0 Å². The number of hydrogen-bond donors (Lipinski definition) is 2. The summed E-state index contributed by atoms with van der Waals surface area (Å²) in [4.78, 5) is 16.2. The second kappa shape index (κ2) is 7.07. The Balaban J connectivity index is 2.58. The first-order valence-corrected chi connectivity index (χ1v) is 6.88. The fraction of sp³-hybridized carbons (Fsp3) is 0.923. The van der Waals surface area contributed by atoms with Gasteiger partial charge in [-0.25, -0.2) is 0 Å². The lowest BCUT2D eigenvalue weighted by atomic mass is 10.2. The minimum atomic E-state index is -0.256. The van der Waals surface area contributed by atoms with Gasteiger partial charge in [-0.1, -0.05) is 13.8 Å². The van der Waals surface area contributed by atoms with Crippen LogP contribution in [0, 0.1) is 0 Å². The van der Waals surface area contributed by atoms with E-state index >= 15 is 0 Å². The third kappa shape index (κ3) is 4.92. The third-order valence-corrected chi connectivity index (χ3v) is 3.48. The third-order valence-electron chi connectivity index (χ3n) is 3.48. The second-order valence-electron chi connectivity index (χ2n) is 5.74. The normalized spacial score (nSPS) is 25.1. The number of rotatable bonds is 5. The van der Waals surface area contributed by atoms with E-state index in [0.717, 1.165) is 26.1 Å². The molecule has 0 aromatic carbocycles. The number of nitrogens with zero attached hydrogens (tertiary/aromatic N) is 2. The van der Waals surface area contributed by atoms with Gasteiger partial charge in [0.25, 0.3) is 0 Å². The lowest BCUT2D eigenvalue weighted by Crippen LogP contribution is -2.53. The lowest BCUT2D eigenvalue weighted by Gasteiger charge is -2.31. The van der Waals surface area contributed by atoms with Crippen molar-refractivity contribution in [3.8, 4) is 0 Å². The highest BCUT2D eigenvalue weighted by molar-refractivity contribution is 5.80. The SMILES string of the molecule is CC(C)NC(CN1CCCN(C)CC1C)C(N)=O. The summed E-state index contributed by atoms with van der Waals surface area (Å²) in [5.41, 5.74) is 5.48. The van der Waals surface area contributed by atoms with Gasteiger partial charge in [0.05, 0.1) is 6.04 Å². The smallest absolute Gasteiger partial charge is 0.235 e. The van der Waals surface area contributed by atoms with E-state index < -0.39 is 0 Å². The van der Waals surface area contributed by atoms with Crippen LogP contribution in [0.5, 0.6) is 0 Å². The van der Waals surface area contributed by atoms with Gasteiger partial charge in [0.15, 0.2) is 0 Å². The molecule has 1 aliphatic rings. The van der Waals surface area contributed by atoms with Crippen LogP contribution < -0.4 is 11.1 Å². The molecule has 0 aliphatic carbocycles. The van der Waals surface area contributed by atoms with Crippen molar-refractivity contribution < 1.29 is 4.79 Å². The Morgan fingerprint density at radius 3 is 2.67 bits per heavy atom. The van der Waals surface area contributed by atoms with Crippen molar-refractivity contribution in [2.75, 3.05) is 33.2 Å². The standard InChI is InChI=1S/C13H28N4O/c1-10(2)15-12(13(14)18)9-17-7-5-6-16(4)8-11(17)3/h10-12,15H,5-9H2,1-4H3,(H2,14,18). The number of primary amides is 1. The molecule has 5 nitrogen and oxygen atoms in total. The largest absolute Gasteiger partial charge is 0.368 e. The van der Waals surface area contributed by atoms with Gasteiger partial charge >= 0.3 is 0 Å². The van der Waals surface area contributed by atoms with Crippen LogP contribution in [0.1, 0.15) is 27.2 Å². The van der Waals surface area contributed by atoms with Crippen molar-refractivity contribution in [2.45, 2.75) is 45.3 Å². The number of nitrogens with one attached hydrogen (secondary N) is 1. The summed E-state index contributed by atoms with van der Waals surface area (Å²) >= 11 is 0. The van der Waals surface area contributed by atoms with Gasteiger partial charge in [-0.3, -0.25) is 9.69 Å². The van der Waals surface area contributed by atoms with E-state index in [0.29, 0.717) is 12.6 Å². The Kier molecular flexibility index (Phi) is 6.05. The molecule has 1 aliphatic heterocycles. The Hall–Kier alpha value is -0.650. The molecule has 1 saturated heterocycles. The summed E-state index contributed by atoms with van der Waals surface area (Å²) in [7, 11) is 2.15. The van der Waals surface area contributed by atoms with Crippen LogP contribution in [0.4, 0.5) is 0 Å². The molecule has 106 valence electrons. The molecular weight excluding hydrogens is 228 g/mol. The molecule has 0 radical (unpaired) electrons. The zero-order valence-electron chi connectivity index (χ0n) is 12.1. The van der Waals surface area contributed by atoms with E-state index in [1.807, 2.05) is 13.8 Å². The summed E-state index contributed by atoms with van der Waals surface area (Å²) in [6.45, 7) is 10.2. The molecule has 0 spiro atoms. The number of carbonyl (C=O) groups excluding carboxylic acids is 1. The summed E-state index contributed by atoms with van der Waals surface area (Å²) in [5.74, 6) is -0.256. The van der Waals surface area contributed by atoms with Gasteiger partial charge in [0.1, 0.15) is 0 Å². The van der Waals surface area contributed by atoms with E-state index in [4.69, 9.17) is 5.73 Å². The summed E-state index contributed by atoms with van der Waals surface area (Å²) in [6.07, 6.45) is 1.15. The Labute approximate surface area is 111 Å². The zero-order chi connectivity index (χ0) is 13.7. The highest BCUT2D eigenvalue weighted by atomic mass is 16.1. The molecule has 1 heterocycles. The van der Waals surface area contributed by atoms with Gasteiger partial charge in [-0.05, 0) is 33.5 Å². The van der Waals surface area contributed by atoms with Crippen LogP contribution in [0.2, 0.25) is 0 Å². The first-order chi connectivity index (χ1) is 8.40. The number of likely N-dealkylation sites (N-methyl/N-ethyl adjacent to an activating group) is 1. The van der Waals surface area contributed by atoms with Crippen LogP contribution >= 0.6 is 0 Å². The van der Waals surface area contributed by atoms with E-state index in [2.05, 4.69) is 29.1 Å². The molecule has 0 saturated carbocycles. The van der Waals surface area contributed by atoms with E-state index in [9.17, 15) is 4.79 Å². The van der Waals surface area contributed by atoms with E-state index in [1.165, 1.54) is 0 Å². The molecular formula is C13H28N4O. The van der Waals surface area contributed by atoms with Crippen molar-refractivity contribution in [3.05, 3.63) is 0 Å². The van der Waals surface area contributed by atoms with Crippen molar-refractivity contribution in [2.24, 2.45) is 5.73 Å². The summed E-state index contributed by atoms with van der Waals surface area (Å²) < 4.78 is 0. The monoisotopic (exact) mass is 256 g/mol. The van der Waals surface area contributed by atoms with Crippen LogP contribution in [0.25, 0.3) is 0 Å². The fourth-order valence-electron chi connectivity index (χ4n) is 2.55. The Morgan fingerprint density at radius 1 is 1.44 bits per heavy atom. The number of carbonyl (C=O) groups is 1. The molecule has 0 aromatic rings. The number of amides is 1. The maximum atomic E-state index is 11.5.